The van der Waals surface area contributed by atoms with Crippen LogP contribution in [0.2, 0.25) is 0 Å². The van der Waals surface area contributed by atoms with Crippen molar-refractivity contribution in [3.05, 3.63) is 279 Å². The van der Waals surface area contributed by atoms with Gasteiger partial charge in [0, 0.05) is 67.0 Å². The molecule has 0 N–H and O–H groups in total. The molecule has 0 aliphatic rings. The number of fused-ring (bicyclic) bond motifs is 6. The van der Waals surface area contributed by atoms with Crippen LogP contribution in [0.5, 0.6) is 0 Å². The fourth-order valence-electron chi connectivity index (χ4n) is 10.4. The van der Waals surface area contributed by atoms with Gasteiger partial charge in [-0.1, -0.05) is 158 Å². The van der Waals surface area contributed by atoms with Gasteiger partial charge < -0.3 is 18.9 Å². The van der Waals surface area contributed by atoms with Crippen LogP contribution < -0.4 is 9.80 Å². The summed E-state index contributed by atoms with van der Waals surface area (Å²) in [6, 6.07) is 101. The number of para-hydroxylation sites is 5. The molecule has 0 fully saturated rings. The predicted molar refractivity (Wildman–Crippen MR) is 295 cm³/mol. The van der Waals surface area contributed by atoms with E-state index < -0.39 is 0 Å². The SMILES string of the molecule is c1ccc(-c2ccc(N(c3ccc(-c4ccc(N(c5ccccc5)c5ccc6c(c5)c5ccccc5n6-c5ccccc5)cc4)cc3)c3ccc4c(c3)c3ccccc3n4-c3ccccc3)cc2)cc1. The standard InChI is InChI=1S/C66H46N4/c1-5-17-47(18-6-1)48-29-35-55(36-30-48)68(58-42-44-66-62(46-58)60-26-14-16-28-64(60)70(66)53-23-11-4-12-24-53)56-39-33-50(34-40-56)49-31-37-54(38-32-49)67(51-19-7-2-8-20-51)57-41-43-65-61(45-57)59-25-13-15-27-63(59)69(65)52-21-9-3-10-22-52/h1-46H. The zero-order valence-corrected chi connectivity index (χ0v) is 38.3. The van der Waals surface area contributed by atoms with E-state index in [-0.39, 0.29) is 0 Å². The molecule has 13 rings (SSSR count). The van der Waals surface area contributed by atoms with Gasteiger partial charge in [0.25, 0.3) is 0 Å². The van der Waals surface area contributed by atoms with Crippen LogP contribution in [0.3, 0.4) is 0 Å². The molecule has 4 heteroatoms. The molecule has 330 valence electrons. The average molecular weight is 895 g/mol. The van der Waals surface area contributed by atoms with Crippen LogP contribution in [0.15, 0.2) is 279 Å². The number of rotatable bonds is 10. The van der Waals surface area contributed by atoms with E-state index in [0.29, 0.717) is 0 Å². The average Bonchev–Trinajstić information content (AvgIpc) is 3.95. The summed E-state index contributed by atoms with van der Waals surface area (Å²) in [7, 11) is 0. The predicted octanol–water partition coefficient (Wildman–Crippen LogP) is 18.2. The number of benzene rings is 11. The molecule has 0 saturated carbocycles. The summed E-state index contributed by atoms with van der Waals surface area (Å²) in [6.45, 7) is 0. The molecule has 2 aromatic heterocycles. The molecule has 13 aromatic rings. The molecule has 0 radical (unpaired) electrons. The van der Waals surface area contributed by atoms with Gasteiger partial charge in [-0.2, -0.15) is 0 Å². The molecule has 0 atom stereocenters. The first kappa shape index (κ1) is 40.9. The van der Waals surface area contributed by atoms with Crippen molar-refractivity contribution in [2.75, 3.05) is 9.80 Å². The fraction of sp³-hybridized carbons (Fsp3) is 0. The minimum Gasteiger partial charge on any atom is -0.310 e. The van der Waals surface area contributed by atoms with E-state index in [0.717, 1.165) is 56.6 Å². The Kier molecular flexibility index (Phi) is 10.1. The quantitative estimate of drug-likeness (QED) is 0.136. The van der Waals surface area contributed by atoms with Crippen molar-refractivity contribution in [3.8, 4) is 33.6 Å². The molecular weight excluding hydrogens is 849 g/mol. The van der Waals surface area contributed by atoms with Gasteiger partial charge >= 0.3 is 0 Å². The smallest absolute Gasteiger partial charge is 0.0542 e. The van der Waals surface area contributed by atoms with Gasteiger partial charge in [0.15, 0.2) is 0 Å². The second kappa shape index (κ2) is 17.4. The molecule has 2 heterocycles. The molecule has 0 spiro atoms. The molecule has 0 amide bonds. The normalized spacial score (nSPS) is 11.4. The van der Waals surface area contributed by atoms with Gasteiger partial charge in [-0.05, 0) is 144 Å². The van der Waals surface area contributed by atoms with Crippen molar-refractivity contribution in [2.45, 2.75) is 0 Å². The van der Waals surface area contributed by atoms with Crippen LogP contribution in [-0.2, 0) is 0 Å². The minimum absolute atomic E-state index is 1.08. The second-order valence-electron chi connectivity index (χ2n) is 17.8. The Bertz CT molecular complexity index is 3950. The van der Waals surface area contributed by atoms with E-state index in [2.05, 4.69) is 298 Å². The molecule has 70 heavy (non-hydrogen) atoms. The highest BCUT2D eigenvalue weighted by molar-refractivity contribution is 6.12. The van der Waals surface area contributed by atoms with Gasteiger partial charge in [-0.3, -0.25) is 0 Å². The fourth-order valence-corrected chi connectivity index (χ4v) is 10.4. The maximum Gasteiger partial charge on any atom is 0.0542 e. The number of aromatic nitrogens is 2. The van der Waals surface area contributed by atoms with E-state index in [1.54, 1.807) is 0 Å². The second-order valence-corrected chi connectivity index (χ2v) is 17.8. The number of hydrogen-bond donors (Lipinski definition) is 0. The summed E-state index contributed by atoms with van der Waals surface area (Å²) in [5.74, 6) is 0. The van der Waals surface area contributed by atoms with Crippen LogP contribution in [0.1, 0.15) is 0 Å². The monoisotopic (exact) mass is 894 g/mol. The van der Waals surface area contributed by atoms with Crippen molar-refractivity contribution in [1.29, 1.82) is 0 Å². The first-order chi connectivity index (χ1) is 34.7. The third kappa shape index (κ3) is 7.18. The van der Waals surface area contributed by atoms with Crippen molar-refractivity contribution < 1.29 is 0 Å². The van der Waals surface area contributed by atoms with Gasteiger partial charge in [0.05, 0.1) is 22.1 Å². The zero-order chi connectivity index (χ0) is 46.4. The Morgan fingerprint density at radius 2 is 0.486 bits per heavy atom. The van der Waals surface area contributed by atoms with Crippen LogP contribution in [0.4, 0.5) is 34.1 Å². The summed E-state index contributed by atoms with van der Waals surface area (Å²) < 4.78 is 4.74. The Morgan fingerprint density at radius 1 is 0.200 bits per heavy atom. The lowest BCUT2D eigenvalue weighted by molar-refractivity contribution is 1.18. The van der Waals surface area contributed by atoms with Gasteiger partial charge in [-0.25, -0.2) is 0 Å². The highest BCUT2D eigenvalue weighted by Crippen LogP contribution is 2.43. The molecule has 0 saturated heterocycles. The highest BCUT2D eigenvalue weighted by Gasteiger charge is 2.20. The van der Waals surface area contributed by atoms with Crippen molar-refractivity contribution in [3.63, 3.8) is 0 Å². The summed E-state index contributed by atoms with van der Waals surface area (Å²) in [4.78, 5) is 4.73. The van der Waals surface area contributed by atoms with Gasteiger partial charge in [0.2, 0.25) is 0 Å². The lowest BCUT2D eigenvalue weighted by Gasteiger charge is -2.26. The van der Waals surface area contributed by atoms with Crippen molar-refractivity contribution >= 4 is 77.7 Å². The summed E-state index contributed by atoms with van der Waals surface area (Å²) in [6.07, 6.45) is 0. The van der Waals surface area contributed by atoms with E-state index in [9.17, 15) is 0 Å². The maximum absolute atomic E-state index is 2.38. The third-order valence-corrected chi connectivity index (χ3v) is 13.7. The van der Waals surface area contributed by atoms with Crippen LogP contribution >= 0.6 is 0 Å². The minimum atomic E-state index is 1.08. The molecule has 0 bridgehead atoms. The molecular formula is C66H46N4. The summed E-state index contributed by atoms with van der Waals surface area (Å²) in [5, 5.41) is 4.88. The Morgan fingerprint density at radius 3 is 0.886 bits per heavy atom. The Hall–Kier alpha value is -9.38. The first-order valence-corrected chi connectivity index (χ1v) is 23.9. The van der Waals surface area contributed by atoms with Crippen molar-refractivity contribution in [2.24, 2.45) is 0 Å². The molecule has 4 nitrogen and oxygen atoms in total. The van der Waals surface area contributed by atoms with Crippen LogP contribution in [0, 0.1) is 0 Å². The molecule has 0 unspecified atom stereocenters. The number of nitrogens with zero attached hydrogens (tertiary/aromatic N) is 4. The summed E-state index contributed by atoms with van der Waals surface area (Å²) >= 11 is 0. The number of hydrogen-bond acceptors (Lipinski definition) is 2. The zero-order valence-electron chi connectivity index (χ0n) is 38.3. The van der Waals surface area contributed by atoms with Crippen LogP contribution in [0.25, 0.3) is 77.2 Å². The van der Waals surface area contributed by atoms with E-state index >= 15 is 0 Å². The lowest BCUT2D eigenvalue weighted by Crippen LogP contribution is -2.10. The van der Waals surface area contributed by atoms with Crippen LogP contribution in [-0.4, -0.2) is 9.13 Å². The topological polar surface area (TPSA) is 16.3 Å². The largest absolute Gasteiger partial charge is 0.310 e. The molecule has 11 aromatic carbocycles. The summed E-state index contributed by atoms with van der Waals surface area (Å²) in [5.41, 5.74) is 18.3. The number of anilines is 6. The highest BCUT2D eigenvalue weighted by atomic mass is 15.1. The van der Waals surface area contributed by atoms with E-state index in [1.165, 1.54) is 54.7 Å². The molecule has 0 aliphatic heterocycles. The third-order valence-electron chi connectivity index (χ3n) is 13.7. The van der Waals surface area contributed by atoms with Crippen molar-refractivity contribution in [1.82, 2.24) is 9.13 Å². The molecule has 0 aliphatic carbocycles. The van der Waals surface area contributed by atoms with Gasteiger partial charge in [0.1, 0.15) is 0 Å². The van der Waals surface area contributed by atoms with Gasteiger partial charge in [-0.15, -0.1) is 0 Å². The maximum atomic E-state index is 2.38. The lowest BCUT2D eigenvalue weighted by atomic mass is 10.0. The van der Waals surface area contributed by atoms with E-state index in [1.807, 2.05) is 0 Å². The Labute approximate surface area is 407 Å². The van der Waals surface area contributed by atoms with E-state index in [4.69, 9.17) is 0 Å². The Balaban J connectivity index is 0.871. The first-order valence-electron chi connectivity index (χ1n) is 23.9.